The van der Waals surface area contributed by atoms with Crippen molar-refractivity contribution in [1.29, 1.82) is 0 Å². The van der Waals surface area contributed by atoms with Crippen LogP contribution < -0.4 is 5.73 Å². The first-order valence-electron chi connectivity index (χ1n) is 3.48. The summed E-state index contributed by atoms with van der Waals surface area (Å²) in [7, 11) is 0. The summed E-state index contributed by atoms with van der Waals surface area (Å²) in [6, 6.07) is 4.48. The first kappa shape index (κ1) is 9.32. The molecule has 1 rings (SSSR count). The highest BCUT2D eigenvalue weighted by atomic mass is 32.2. The monoisotopic (exact) mass is 189 g/mol. The number of thioether (sulfide) groups is 1. The molecule has 1 aromatic carbocycles. The van der Waals surface area contributed by atoms with Gasteiger partial charge in [-0.2, -0.15) is 0 Å². The van der Waals surface area contributed by atoms with E-state index in [-0.39, 0.29) is 5.69 Å². The third-order valence-corrected chi connectivity index (χ3v) is 2.26. The molecular formula is C8H9F2NS. The van der Waals surface area contributed by atoms with Gasteiger partial charge in [0, 0.05) is 10.6 Å². The minimum Gasteiger partial charge on any atom is -0.396 e. The molecule has 2 N–H and O–H groups in total. The van der Waals surface area contributed by atoms with Crippen LogP contribution in [0.5, 0.6) is 0 Å². The maximum Gasteiger partial charge on any atom is 0.147 e. The van der Waals surface area contributed by atoms with Crippen molar-refractivity contribution in [2.75, 3.05) is 18.2 Å². The van der Waals surface area contributed by atoms with Crippen LogP contribution in [0.1, 0.15) is 0 Å². The molecule has 0 amide bonds. The zero-order chi connectivity index (χ0) is 8.97. The summed E-state index contributed by atoms with van der Waals surface area (Å²) in [6.45, 7) is -0.406. The van der Waals surface area contributed by atoms with E-state index < -0.39 is 12.5 Å². The van der Waals surface area contributed by atoms with Crippen LogP contribution in [0.3, 0.4) is 0 Å². The van der Waals surface area contributed by atoms with Crippen LogP contribution >= 0.6 is 11.8 Å². The van der Waals surface area contributed by atoms with Crippen LogP contribution in [0, 0.1) is 5.82 Å². The Bertz CT molecular complexity index is 265. The lowest BCUT2D eigenvalue weighted by Crippen LogP contribution is -1.90. The number of hydrogen-bond donors (Lipinski definition) is 1. The lowest BCUT2D eigenvalue weighted by atomic mass is 10.3. The van der Waals surface area contributed by atoms with Crippen LogP contribution in [-0.2, 0) is 0 Å². The molecule has 0 saturated carbocycles. The van der Waals surface area contributed by atoms with Gasteiger partial charge in [0.05, 0.1) is 12.4 Å². The number of hydrogen-bond acceptors (Lipinski definition) is 2. The van der Waals surface area contributed by atoms with E-state index in [9.17, 15) is 8.78 Å². The highest BCUT2D eigenvalue weighted by Gasteiger charge is 1.99. The zero-order valence-electron chi connectivity index (χ0n) is 6.39. The molecule has 0 aliphatic carbocycles. The van der Waals surface area contributed by atoms with E-state index in [4.69, 9.17) is 5.73 Å². The van der Waals surface area contributed by atoms with Gasteiger partial charge in [-0.05, 0) is 18.2 Å². The van der Waals surface area contributed by atoms with Gasteiger partial charge in [0.2, 0.25) is 0 Å². The quantitative estimate of drug-likeness (QED) is 0.584. The Balaban J connectivity index is 2.69. The molecule has 0 aromatic heterocycles. The second-order valence-corrected chi connectivity index (χ2v) is 3.39. The molecule has 1 aromatic rings. The van der Waals surface area contributed by atoms with Crippen molar-refractivity contribution in [3.05, 3.63) is 24.0 Å². The predicted octanol–water partition coefficient (Wildman–Crippen LogP) is 2.47. The van der Waals surface area contributed by atoms with Gasteiger partial charge in [-0.25, -0.2) is 4.39 Å². The summed E-state index contributed by atoms with van der Waals surface area (Å²) in [5.74, 6) is -0.0949. The molecule has 0 heterocycles. The van der Waals surface area contributed by atoms with Gasteiger partial charge in [0.15, 0.2) is 0 Å². The highest BCUT2D eigenvalue weighted by molar-refractivity contribution is 7.99. The molecule has 0 bridgehead atoms. The zero-order valence-corrected chi connectivity index (χ0v) is 7.20. The molecule has 0 unspecified atom stereocenters. The second-order valence-electron chi connectivity index (χ2n) is 2.22. The Morgan fingerprint density at radius 1 is 1.42 bits per heavy atom. The summed E-state index contributed by atoms with van der Waals surface area (Å²) < 4.78 is 24.5. The largest absolute Gasteiger partial charge is 0.396 e. The summed E-state index contributed by atoms with van der Waals surface area (Å²) >= 11 is 1.27. The fourth-order valence-corrected chi connectivity index (χ4v) is 1.42. The van der Waals surface area contributed by atoms with Crippen LogP contribution in [0.25, 0.3) is 0 Å². The lowest BCUT2D eigenvalue weighted by molar-refractivity contribution is 0.532. The molecule has 0 spiro atoms. The summed E-state index contributed by atoms with van der Waals surface area (Å²) in [5, 5.41) is 0. The maximum absolute atomic E-state index is 12.8. The van der Waals surface area contributed by atoms with Gasteiger partial charge >= 0.3 is 0 Å². The number of benzene rings is 1. The van der Waals surface area contributed by atoms with Gasteiger partial charge in [0.1, 0.15) is 5.82 Å². The lowest BCUT2D eigenvalue weighted by Gasteiger charge is -2.00. The van der Waals surface area contributed by atoms with Crippen LogP contribution in [0.2, 0.25) is 0 Å². The molecule has 0 radical (unpaired) electrons. The van der Waals surface area contributed by atoms with E-state index in [1.165, 1.54) is 23.9 Å². The SMILES string of the molecule is Nc1ccc(SCCF)cc1F. The van der Waals surface area contributed by atoms with Crippen LogP contribution in [-0.4, -0.2) is 12.4 Å². The first-order chi connectivity index (χ1) is 5.74. The molecule has 0 atom stereocenters. The summed E-state index contributed by atoms with van der Waals surface area (Å²) in [5.41, 5.74) is 5.38. The number of rotatable bonds is 3. The molecule has 0 aliphatic rings. The Labute approximate surface area is 74.0 Å². The molecular weight excluding hydrogens is 180 g/mol. The smallest absolute Gasteiger partial charge is 0.147 e. The fourth-order valence-electron chi connectivity index (χ4n) is 0.754. The average molecular weight is 189 g/mol. The molecule has 0 fully saturated rings. The number of alkyl halides is 1. The number of halogens is 2. The predicted molar refractivity (Wildman–Crippen MR) is 47.5 cm³/mol. The average Bonchev–Trinajstić information content (AvgIpc) is 2.07. The molecule has 0 aliphatic heterocycles. The topological polar surface area (TPSA) is 26.0 Å². The molecule has 4 heteroatoms. The Hall–Kier alpha value is -0.770. The van der Waals surface area contributed by atoms with Crippen molar-refractivity contribution in [3.63, 3.8) is 0 Å². The third kappa shape index (κ3) is 2.37. The molecule has 0 saturated heterocycles. The highest BCUT2D eigenvalue weighted by Crippen LogP contribution is 2.21. The first-order valence-corrected chi connectivity index (χ1v) is 4.46. The van der Waals surface area contributed by atoms with Crippen molar-refractivity contribution in [3.8, 4) is 0 Å². The van der Waals surface area contributed by atoms with Crippen molar-refractivity contribution in [2.24, 2.45) is 0 Å². The second kappa shape index (κ2) is 4.30. The van der Waals surface area contributed by atoms with Gasteiger partial charge in [-0.1, -0.05) is 0 Å². The minimum absolute atomic E-state index is 0.125. The van der Waals surface area contributed by atoms with Gasteiger partial charge in [-0.15, -0.1) is 11.8 Å². The van der Waals surface area contributed by atoms with Crippen molar-refractivity contribution in [1.82, 2.24) is 0 Å². The van der Waals surface area contributed by atoms with E-state index in [0.717, 1.165) is 0 Å². The Morgan fingerprint density at radius 2 is 2.17 bits per heavy atom. The number of nitrogen functional groups attached to an aromatic ring is 1. The molecule has 12 heavy (non-hydrogen) atoms. The third-order valence-electron chi connectivity index (χ3n) is 1.32. The van der Waals surface area contributed by atoms with Crippen molar-refractivity contribution < 1.29 is 8.78 Å². The van der Waals surface area contributed by atoms with Crippen LogP contribution in [0.4, 0.5) is 14.5 Å². The number of anilines is 1. The van der Waals surface area contributed by atoms with E-state index in [0.29, 0.717) is 10.6 Å². The fraction of sp³-hybridized carbons (Fsp3) is 0.250. The summed E-state index contributed by atoms with van der Waals surface area (Å²) in [4.78, 5) is 0.708. The standard InChI is InChI=1S/C8H9F2NS/c9-3-4-12-6-1-2-8(11)7(10)5-6/h1-2,5H,3-4,11H2. The van der Waals surface area contributed by atoms with E-state index in [1.54, 1.807) is 6.07 Å². The Kier molecular flexibility index (Phi) is 3.34. The van der Waals surface area contributed by atoms with E-state index in [2.05, 4.69) is 0 Å². The number of nitrogens with two attached hydrogens (primary N) is 1. The minimum atomic E-state index is -0.446. The normalized spacial score (nSPS) is 10.2. The van der Waals surface area contributed by atoms with Gasteiger partial charge < -0.3 is 5.73 Å². The van der Waals surface area contributed by atoms with E-state index in [1.807, 2.05) is 0 Å². The van der Waals surface area contributed by atoms with E-state index >= 15 is 0 Å². The molecule has 1 nitrogen and oxygen atoms in total. The van der Waals surface area contributed by atoms with Crippen molar-refractivity contribution >= 4 is 17.4 Å². The van der Waals surface area contributed by atoms with Crippen molar-refractivity contribution in [2.45, 2.75) is 4.90 Å². The Morgan fingerprint density at radius 3 is 2.75 bits per heavy atom. The van der Waals surface area contributed by atoms with Gasteiger partial charge in [-0.3, -0.25) is 4.39 Å². The van der Waals surface area contributed by atoms with Gasteiger partial charge in [0.25, 0.3) is 0 Å². The molecule has 66 valence electrons. The van der Waals surface area contributed by atoms with Crippen LogP contribution in [0.15, 0.2) is 23.1 Å². The maximum atomic E-state index is 12.8. The summed E-state index contributed by atoms with van der Waals surface area (Å²) in [6.07, 6.45) is 0.